The number of ether oxygens (including phenoxy) is 1. The van der Waals surface area contributed by atoms with Crippen LogP contribution in [-0.4, -0.2) is 24.1 Å². The largest absolute Gasteiger partial charge is 0.417 e. The predicted molar refractivity (Wildman–Crippen MR) is 78.9 cm³/mol. The normalized spacial score (nSPS) is 13.2. The summed E-state index contributed by atoms with van der Waals surface area (Å²) < 4.78 is 42.7. The topological polar surface area (TPSA) is 38.2 Å². The molecule has 0 spiro atoms. The average molecular weight is 331 g/mol. The van der Waals surface area contributed by atoms with Gasteiger partial charge in [-0.15, -0.1) is 11.3 Å². The molecule has 0 bridgehead atoms. The van der Waals surface area contributed by atoms with Gasteiger partial charge in [-0.1, -0.05) is 0 Å². The van der Waals surface area contributed by atoms with E-state index < -0.39 is 11.7 Å². The molecule has 0 aliphatic rings. The predicted octanol–water partition coefficient (Wildman–Crippen LogP) is 3.90. The van der Waals surface area contributed by atoms with Crippen LogP contribution in [0.3, 0.4) is 0 Å². The molecule has 0 aliphatic carbocycles. The zero-order valence-electron chi connectivity index (χ0n) is 12.4. The second kappa shape index (κ2) is 6.62. The van der Waals surface area contributed by atoms with E-state index in [0.29, 0.717) is 12.4 Å². The van der Waals surface area contributed by atoms with Gasteiger partial charge in [-0.05, 0) is 19.1 Å². The van der Waals surface area contributed by atoms with Crippen molar-refractivity contribution in [1.82, 2.24) is 9.97 Å². The van der Waals surface area contributed by atoms with E-state index in [9.17, 15) is 13.2 Å². The van der Waals surface area contributed by atoms with E-state index in [1.165, 1.54) is 17.4 Å². The second-order valence-corrected chi connectivity index (χ2v) is 5.70. The SMILES string of the molecule is COC(C)c1nc(CN(C)c2ccc(C(F)(F)F)cn2)cs1. The fourth-order valence-electron chi connectivity index (χ4n) is 1.79. The minimum Gasteiger partial charge on any atom is -0.375 e. The highest BCUT2D eigenvalue weighted by Crippen LogP contribution is 2.29. The van der Waals surface area contributed by atoms with Crippen LogP contribution >= 0.6 is 11.3 Å². The number of thiazole rings is 1. The van der Waals surface area contributed by atoms with E-state index in [2.05, 4.69) is 9.97 Å². The summed E-state index contributed by atoms with van der Waals surface area (Å²) in [5.41, 5.74) is 0.0719. The van der Waals surface area contributed by atoms with Crippen molar-refractivity contribution >= 4 is 17.2 Å². The highest BCUT2D eigenvalue weighted by Gasteiger charge is 2.30. The van der Waals surface area contributed by atoms with E-state index in [4.69, 9.17) is 4.74 Å². The zero-order valence-corrected chi connectivity index (χ0v) is 13.2. The van der Waals surface area contributed by atoms with E-state index >= 15 is 0 Å². The Labute approximate surface area is 130 Å². The van der Waals surface area contributed by atoms with Gasteiger partial charge in [0, 0.05) is 25.7 Å². The van der Waals surface area contributed by atoms with Gasteiger partial charge < -0.3 is 9.64 Å². The first-order valence-corrected chi connectivity index (χ1v) is 7.40. The van der Waals surface area contributed by atoms with Gasteiger partial charge in [-0.25, -0.2) is 9.97 Å². The van der Waals surface area contributed by atoms with Gasteiger partial charge in [0.15, 0.2) is 0 Å². The number of hydrogen-bond donors (Lipinski definition) is 0. The Balaban J connectivity index is 2.05. The molecule has 0 saturated carbocycles. The van der Waals surface area contributed by atoms with Crippen LogP contribution in [0.25, 0.3) is 0 Å². The first-order valence-electron chi connectivity index (χ1n) is 6.52. The van der Waals surface area contributed by atoms with Crippen LogP contribution in [0.5, 0.6) is 0 Å². The number of rotatable bonds is 5. The van der Waals surface area contributed by atoms with Crippen LogP contribution in [-0.2, 0) is 17.5 Å². The van der Waals surface area contributed by atoms with Crippen molar-refractivity contribution in [2.24, 2.45) is 0 Å². The summed E-state index contributed by atoms with van der Waals surface area (Å²) in [6.07, 6.45) is -3.61. The molecule has 0 N–H and O–H groups in total. The molecule has 0 amide bonds. The molecule has 2 aromatic heterocycles. The lowest BCUT2D eigenvalue weighted by Crippen LogP contribution is -2.18. The van der Waals surface area contributed by atoms with Crippen LogP contribution in [0.15, 0.2) is 23.7 Å². The number of nitrogens with zero attached hydrogens (tertiary/aromatic N) is 3. The summed E-state index contributed by atoms with van der Waals surface area (Å²) in [6.45, 7) is 2.37. The lowest BCUT2D eigenvalue weighted by atomic mass is 10.2. The molecule has 0 fully saturated rings. The number of halogens is 3. The molecule has 0 saturated heterocycles. The minimum absolute atomic E-state index is 0.0757. The third-order valence-corrected chi connectivity index (χ3v) is 4.19. The van der Waals surface area contributed by atoms with Crippen molar-refractivity contribution in [3.05, 3.63) is 40.0 Å². The first-order chi connectivity index (χ1) is 10.3. The molecule has 4 nitrogen and oxygen atoms in total. The molecule has 120 valence electrons. The number of anilines is 1. The number of methoxy groups -OCH3 is 1. The highest BCUT2D eigenvalue weighted by atomic mass is 32.1. The van der Waals surface area contributed by atoms with Gasteiger partial charge in [0.25, 0.3) is 0 Å². The molecule has 0 radical (unpaired) electrons. The van der Waals surface area contributed by atoms with Crippen molar-refractivity contribution < 1.29 is 17.9 Å². The molecule has 2 aromatic rings. The average Bonchev–Trinajstić information content (AvgIpc) is 2.94. The summed E-state index contributed by atoms with van der Waals surface area (Å²) in [4.78, 5) is 10.1. The summed E-state index contributed by atoms with van der Waals surface area (Å²) in [5.74, 6) is 0.460. The molecular weight excluding hydrogens is 315 g/mol. The van der Waals surface area contributed by atoms with E-state index in [-0.39, 0.29) is 6.10 Å². The van der Waals surface area contributed by atoms with Crippen LogP contribution in [0.1, 0.15) is 29.3 Å². The Kier molecular flexibility index (Phi) is 5.02. The van der Waals surface area contributed by atoms with Gasteiger partial charge in [-0.3, -0.25) is 0 Å². The summed E-state index contributed by atoms with van der Waals surface area (Å²) in [7, 11) is 3.37. The van der Waals surface area contributed by atoms with Gasteiger partial charge in [0.1, 0.15) is 16.9 Å². The lowest BCUT2D eigenvalue weighted by Gasteiger charge is -2.17. The van der Waals surface area contributed by atoms with Crippen molar-refractivity contribution in [1.29, 1.82) is 0 Å². The lowest BCUT2D eigenvalue weighted by molar-refractivity contribution is -0.137. The van der Waals surface area contributed by atoms with Crippen LogP contribution in [0.4, 0.5) is 19.0 Å². The Bertz CT molecular complexity index is 613. The smallest absolute Gasteiger partial charge is 0.375 e. The van der Waals surface area contributed by atoms with Crippen molar-refractivity contribution in [3.8, 4) is 0 Å². The molecule has 1 unspecified atom stereocenters. The molecule has 2 rings (SSSR count). The third-order valence-electron chi connectivity index (χ3n) is 3.14. The Morgan fingerprint density at radius 2 is 2.09 bits per heavy atom. The number of aromatic nitrogens is 2. The quantitative estimate of drug-likeness (QED) is 0.833. The van der Waals surface area contributed by atoms with Crippen molar-refractivity contribution in [3.63, 3.8) is 0 Å². The third kappa shape index (κ3) is 3.95. The Morgan fingerprint density at radius 3 is 2.64 bits per heavy atom. The second-order valence-electron chi connectivity index (χ2n) is 4.81. The van der Waals surface area contributed by atoms with Crippen molar-refractivity contribution in [2.45, 2.75) is 25.7 Å². The van der Waals surface area contributed by atoms with Gasteiger partial charge in [-0.2, -0.15) is 13.2 Å². The van der Waals surface area contributed by atoms with Crippen LogP contribution < -0.4 is 4.90 Å². The van der Waals surface area contributed by atoms with Crippen molar-refractivity contribution in [2.75, 3.05) is 19.1 Å². The molecule has 0 aromatic carbocycles. The molecular formula is C14H16F3N3OS. The number of pyridine rings is 1. The maximum absolute atomic E-state index is 12.5. The minimum atomic E-state index is -4.37. The maximum Gasteiger partial charge on any atom is 0.417 e. The summed E-state index contributed by atoms with van der Waals surface area (Å²) in [6, 6.07) is 2.38. The Hall–Kier alpha value is -1.67. The maximum atomic E-state index is 12.5. The van der Waals surface area contributed by atoms with Crippen LogP contribution in [0, 0.1) is 0 Å². The van der Waals surface area contributed by atoms with Gasteiger partial charge in [0.2, 0.25) is 0 Å². The van der Waals surface area contributed by atoms with Gasteiger partial charge >= 0.3 is 6.18 Å². The van der Waals surface area contributed by atoms with Crippen LogP contribution in [0.2, 0.25) is 0 Å². The summed E-state index contributed by atoms with van der Waals surface area (Å²) in [5, 5.41) is 2.78. The molecule has 2 heterocycles. The fraction of sp³-hybridized carbons (Fsp3) is 0.429. The molecule has 1 atom stereocenters. The fourth-order valence-corrected chi connectivity index (χ4v) is 2.63. The first kappa shape index (κ1) is 16.7. The number of hydrogen-bond acceptors (Lipinski definition) is 5. The number of alkyl halides is 3. The molecule has 8 heteroatoms. The monoisotopic (exact) mass is 331 g/mol. The zero-order chi connectivity index (χ0) is 16.3. The van der Waals surface area contributed by atoms with Gasteiger partial charge in [0.05, 0.1) is 17.8 Å². The van der Waals surface area contributed by atoms with E-state index in [1.807, 2.05) is 12.3 Å². The van der Waals surface area contributed by atoms with E-state index in [1.54, 1.807) is 19.1 Å². The van der Waals surface area contributed by atoms with E-state index in [0.717, 1.165) is 23.0 Å². The highest BCUT2D eigenvalue weighted by molar-refractivity contribution is 7.09. The molecule has 22 heavy (non-hydrogen) atoms. The summed E-state index contributed by atoms with van der Waals surface area (Å²) >= 11 is 1.49. The molecule has 0 aliphatic heterocycles. The Morgan fingerprint density at radius 1 is 1.36 bits per heavy atom. The standard InChI is InChI=1S/C14H16F3N3OS/c1-9(21-3)13-19-11(8-22-13)7-20(2)12-5-4-10(6-18-12)14(15,16)17/h4-6,8-9H,7H2,1-3H3.